The molecule has 1 fully saturated rings. The Kier molecular flexibility index (Phi) is 4.83. The molecule has 0 radical (unpaired) electrons. The third-order valence-electron chi connectivity index (χ3n) is 4.57. The summed E-state index contributed by atoms with van der Waals surface area (Å²) in [5.74, 6) is -0.305. The normalized spacial score (nSPS) is 16.4. The summed E-state index contributed by atoms with van der Waals surface area (Å²) < 4.78 is 5.58. The van der Waals surface area contributed by atoms with Crippen LogP contribution in [0.25, 0.3) is 0 Å². The van der Waals surface area contributed by atoms with E-state index in [4.69, 9.17) is 16.0 Å². The van der Waals surface area contributed by atoms with E-state index >= 15 is 0 Å². The van der Waals surface area contributed by atoms with Gasteiger partial charge in [0, 0.05) is 29.2 Å². The zero-order valence-corrected chi connectivity index (χ0v) is 15.8. The van der Waals surface area contributed by atoms with Crippen molar-refractivity contribution in [2.75, 3.05) is 16.8 Å². The van der Waals surface area contributed by atoms with Gasteiger partial charge in [-0.2, -0.15) is 0 Å². The molecule has 1 aromatic heterocycles. The van der Waals surface area contributed by atoms with Crippen molar-refractivity contribution in [3.8, 4) is 0 Å². The second-order valence-electron chi connectivity index (χ2n) is 6.65. The van der Waals surface area contributed by atoms with Gasteiger partial charge in [-0.25, -0.2) is 0 Å². The predicted molar refractivity (Wildman–Crippen MR) is 105 cm³/mol. The van der Waals surface area contributed by atoms with Gasteiger partial charge in [-0.05, 0) is 37.3 Å². The SMILES string of the molecule is Cc1ccc(N2C[C@@H](c3nnc(NC(=O)c4cccc(Cl)c4)o3)CC2=O)cc1. The van der Waals surface area contributed by atoms with Crippen LogP contribution < -0.4 is 10.2 Å². The van der Waals surface area contributed by atoms with E-state index in [0.29, 0.717) is 23.0 Å². The summed E-state index contributed by atoms with van der Waals surface area (Å²) in [6.07, 6.45) is 0.276. The van der Waals surface area contributed by atoms with Gasteiger partial charge in [-0.1, -0.05) is 40.5 Å². The van der Waals surface area contributed by atoms with Crippen molar-refractivity contribution >= 4 is 35.1 Å². The van der Waals surface area contributed by atoms with E-state index in [1.807, 2.05) is 31.2 Å². The molecule has 1 N–H and O–H groups in total. The molecule has 8 heteroatoms. The lowest BCUT2D eigenvalue weighted by molar-refractivity contribution is -0.117. The molecule has 28 heavy (non-hydrogen) atoms. The first-order chi connectivity index (χ1) is 13.5. The van der Waals surface area contributed by atoms with Crippen LogP contribution in [-0.2, 0) is 4.79 Å². The number of amides is 2. The van der Waals surface area contributed by atoms with E-state index < -0.39 is 5.91 Å². The third-order valence-corrected chi connectivity index (χ3v) is 4.80. The Bertz CT molecular complexity index is 1030. The zero-order chi connectivity index (χ0) is 19.7. The number of rotatable bonds is 4. The van der Waals surface area contributed by atoms with E-state index in [1.165, 1.54) is 0 Å². The largest absolute Gasteiger partial charge is 0.407 e. The van der Waals surface area contributed by atoms with Gasteiger partial charge in [0.15, 0.2) is 0 Å². The van der Waals surface area contributed by atoms with E-state index in [2.05, 4.69) is 15.5 Å². The van der Waals surface area contributed by atoms with Crippen molar-refractivity contribution in [2.45, 2.75) is 19.3 Å². The van der Waals surface area contributed by atoms with Gasteiger partial charge >= 0.3 is 6.01 Å². The fourth-order valence-corrected chi connectivity index (χ4v) is 3.29. The first-order valence-corrected chi connectivity index (χ1v) is 9.15. The van der Waals surface area contributed by atoms with Gasteiger partial charge in [-0.15, -0.1) is 5.10 Å². The maximum atomic E-state index is 12.4. The van der Waals surface area contributed by atoms with Crippen LogP contribution in [0.1, 0.15) is 34.2 Å². The molecule has 0 saturated carbocycles. The Morgan fingerprint density at radius 2 is 2.00 bits per heavy atom. The minimum absolute atomic E-state index is 0.00318. The van der Waals surface area contributed by atoms with Gasteiger partial charge in [-0.3, -0.25) is 14.9 Å². The van der Waals surface area contributed by atoms with Crippen LogP contribution in [0, 0.1) is 6.92 Å². The number of nitrogens with zero attached hydrogens (tertiary/aromatic N) is 3. The Balaban J connectivity index is 1.45. The van der Waals surface area contributed by atoms with Gasteiger partial charge in [0.1, 0.15) is 0 Å². The molecule has 1 aliphatic rings. The molecule has 3 aromatic rings. The molecule has 2 amide bonds. The Hall–Kier alpha value is -3.19. The van der Waals surface area contributed by atoms with Crippen molar-refractivity contribution in [1.29, 1.82) is 0 Å². The predicted octanol–water partition coefficient (Wildman–Crippen LogP) is 3.80. The number of carbonyl (C=O) groups excluding carboxylic acids is 2. The maximum Gasteiger partial charge on any atom is 0.322 e. The number of anilines is 2. The molecule has 4 rings (SSSR count). The molecule has 0 aliphatic carbocycles. The Labute approximate surface area is 166 Å². The lowest BCUT2D eigenvalue weighted by Gasteiger charge is -2.16. The van der Waals surface area contributed by atoms with Crippen molar-refractivity contribution < 1.29 is 14.0 Å². The summed E-state index contributed by atoms with van der Waals surface area (Å²) >= 11 is 5.90. The summed E-state index contributed by atoms with van der Waals surface area (Å²) in [4.78, 5) is 26.4. The third kappa shape index (κ3) is 3.75. The summed E-state index contributed by atoms with van der Waals surface area (Å²) in [6.45, 7) is 2.45. The average Bonchev–Trinajstić information content (AvgIpc) is 3.29. The molecule has 142 valence electrons. The highest BCUT2D eigenvalue weighted by molar-refractivity contribution is 6.31. The maximum absolute atomic E-state index is 12.4. The molecular weight excluding hydrogens is 380 g/mol. The van der Waals surface area contributed by atoms with Gasteiger partial charge in [0.25, 0.3) is 5.91 Å². The first kappa shape index (κ1) is 18.2. The minimum atomic E-state index is -0.401. The number of aryl methyl sites for hydroxylation is 1. The number of halogens is 1. The Morgan fingerprint density at radius 1 is 1.21 bits per heavy atom. The van der Waals surface area contributed by atoms with Crippen LogP contribution in [-0.4, -0.2) is 28.6 Å². The fraction of sp³-hybridized carbons (Fsp3) is 0.200. The van der Waals surface area contributed by atoms with E-state index in [-0.39, 0.29) is 24.3 Å². The highest BCUT2D eigenvalue weighted by Crippen LogP contribution is 2.31. The number of nitrogens with one attached hydrogen (secondary N) is 1. The van der Waals surface area contributed by atoms with Crippen molar-refractivity contribution in [2.24, 2.45) is 0 Å². The molecule has 0 unspecified atom stereocenters. The molecular formula is C20H17ClN4O3. The molecule has 7 nitrogen and oxygen atoms in total. The molecule has 1 aliphatic heterocycles. The van der Waals surface area contributed by atoms with Crippen molar-refractivity contribution in [3.63, 3.8) is 0 Å². The molecule has 2 aromatic carbocycles. The fourth-order valence-electron chi connectivity index (χ4n) is 3.10. The Morgan fingerprint density at radius 3 is 2.75 bits per heavy atom. The topological polar surface area (TPSA) is 88.3 Å². The van der Waals surface area contributed by atoms with Crippen molar-refractivity contribution in [3.05, 3.63) is 70.6 Å². The second kappa shape index (κ2) is 7.44. The number of hydrogen-bond donors (Lipinski definition) is 1. The number of carbonyl (C=O) groups is 2. The average molecular weight is 397 g/mol. The summed E-state index contributed by atoms with van der Waals surface area (Å²) in [7, 11) is 0. The molecule has 1 atom stereocenters. The zero-order valence-electron chi connectivity index (χ0n) is 15.1. The summed E-state index contributed by atoms with van der Waals surface area (Å²) in [5.41, 5.74) is 2.35. The number of benzene rings is 2. The first-order valence-electron chi connectivity index (χ1n) is 8.77. The molecule has 2 heterocycles. The number of aromatic nitrogens is 2. The smallest absolute Gasteiger partial charge is 0.322 e. The quantitative estimate of drug-likeness (QED) is 0.724. The molecule has 0 spiro atoms. The highest BCUT2D eigenvalue weighted by Gasteiger charge is 2.35. The lowest BCUT2D eigenvalue weighted by Crippen LogP contribution is -2.24. The van der Waals surface area contributed by atoms with Crippen LogP contribution in [0.15, 0.2) is 52.9 Å². The standard InChI is InChI=1S/C20H17ClN4O3/c1-12-5-7-16(8-6-12)25-11-14(10-17(25)26)19-23-24-20(28-19)22-18(27)13-3-2-4-15(21)9-13/h2-9,14H,10-11H2,1H3,(H,22,24,27)/t14-/m0/s1. The van der Waals surface area contributed by atoms with Gasteiger partial charge in [0.2, 0.25) is 11.8 Å². The van der Waals surface area contributed by atoms with Crippen LogP contribution in [0.3, 0.4) is 0 Å². The van der Waals surface area contributed by atoms with E-state index in [0.717, 1.165) is 11.3 Å². The van der Waals surface area contributed by atoms with Crippen LogP contribution in [0.4, 0.5) is 11.7 Å². The monoisotopic (exact) mass is 396 g/mol. The summed E-state index contributed by atoms with van der Waals surface area (Å²) in [6, 6.07) is 14.3. The minimum Gasteiger partial charge on any atom is -0.407 e. The van der Waals surface area contributed by atoms with E-state index in [1.54, 1.807) is 29.2 Å². The molecule has 0 bridgehead atoms. The lowest BCUT2D eigenvalue weighted by atomic mass is 10.1. The van der Waals surface area contributed by atoms with Gasteiger partial charge in [0.05, 0.1) is 5.92 Å². The second-order valence-corrected chi connectivity index (χ2v) is 7.09. The van der Waals surface area contributed by atoms with E-state index in [9.17, 15) is 9.59 Å². The van der Waals surface area contributed by atoms with Crippen LogP contribution >= 0.6 is 11.6 Å². The van der Waals surface area contributed by atoms with Crippen LogP contribution in [0.2, 0.25) is 5.02 Å². The molecule has 1 saturated heterocycles. The van der Waals surface area contributed by atoms with Gasteiger partial charge < -0.3 is 9.32 Å². The van der Waals surface area contributed by atoms with Crippen LogP contribution in [0.5, 0.6) is 0 Å². The van der Waals surface area contributed by atoms with Crippen molar-refractivity contribution in [1.82, 2.24) is 10.2 Å². The summed E-state index contributed by atoms with van der Waals surface area (Å²) in [5, 5.41) is 10.9. The number of hydrogen-bond acceptors (Lipinski definition) is 5. The highest BCUT2D eigenvalue weighted by atomic mass is 35.5.